The molecule has 0 radical (unpaired) electrons. The Labute approximate surface area is 122 Å². The first-order valence-electron chi connectivity index (χ1n) is 7.22. The number of aliphatic carboxylic acids is 1. The molecule has 5 heteroatoms. The van der Waals surface area contributed by atoms with Gasteiger partial charge in [0.2, 0.25) is 5.91 Å². The van der Waals surface area contributed by atoms with Crippen LogP contribution >= 0.6 is 11.3 Å². The van der Waals surface area contributed by atoms with Gasteiger partial charge in [-0.1, -0.05) is 12.8 Å². The summed E-state index contributed by atoms with van der Waals surface area (Å²) in [5.74, 6) is -0.487. The molecule has 20 heavy (non-hydrogen) atoms. The van der Waals surface area contributed by atoms with Gasteiger partial charge in [-0.3, -0.25) is 4.79 Å². The Balaban J connectivity index is 1.79. The molecule has 1 aliphatic heterocycles. The van der Waals surface area contributed by atoms with Crippen molar-refractivity contribution >= 4 is 23.2 Å². The first-order chi connectivity index (χ1) is 9.66. The summed E-state index contributed by atoms with van der Waals surface area (Å²) < 4.78 is 0. The summed E-state index contributed by atoms with van der Waals surface area (Å²) in [6.07, 6.45) is 5.27. The number of hydrogen-bond donors (Lipinski definition) is 1. The van der Waals surface area contributed by atoms with Crippen molar-refractivity contribution < 1.29 is 14.7 Å². The zero-order chi connectivity index (χ0) is 14.1. The maximum atomic E-state index is 12.5. The molecule has 1 saturated carbocycles. The largest absolute Gasteiger partial charge is 0.480 e. The Bertz CT molecular complexity index is 499. The summed E-state index contributed by atoms with van der Waals surface area (Å²) in [5.41, 5.74) is 0.989. The van der Waals surface area contributed by atoms with Crippen LogP contribution in [0.15, 0.2) is 16.8 Å². The van der Waals surface area contributed by atoms with Crippen molar-refractivity contribution in [3.63, 3.8) is 0 Å². The summed E-state index contributed by atoms with van der Waals surface area (Å²) in [6, 6.07) is 1.47. The highest BCUT2D eigenvalue weighted by Crippen LogP contribution is 2.40. The summed E-state index contributed by atoms with van der Waals surface area (Å²) in [6.45, 7) is 0. The number of carbonyl (C=O) groups is 2. The van der Waals surface area contributed by atoms with Gasteiger partial charge in [-0.2, -0.15) is 11.3 Å². The summed E-state index contributed by atoms with van der Waals surface area (Å²) >= 11 is 1.57. The van der Waals surface area contributed by atoms with Crippen LogP contribution in [0.5, 0.6) is 0 Å². The van der Waals surface area contributed by atoms with Gasteiger partial charge < -0.3 is 10.0 Å². The van der Waals surface area contributed by atoms with E-state index >= 15 is 0 Å². The highest BCUT2D eigenvalue weighted by Gasteiger charge is 2.47. The number of carbonyl (C=O) groups excluding carboxylic acids is 1. The third kappa shape index (κ3) is 2.46. The minimum absolute atomic E-state index is 0.0230. The highest BCUT2D eigenvalue weighted by atomic mass is 32.1. The van der Waals surface area contributed by atoms with Crippen LogP contribution in [-0.4, -0.2) is 34.0 Å². The molecule has 0 spiro atoms. The Morgan fingerprint density at radius 2 is 2.15 bits per heavy atom. The second-order valence-electron chi connectivity index (χ2n) is 5.81. The quantitative estimate of drug-likeness (QED) is 0.931. The van der Waals surface area contributed by atoms with E-state index in [1.165, 1.54) is 6.42 Å². The molecule has 1 amide bonds. The number of thiophene rings is 1. The lowest BCUT2D eigenvalue weighted by atomic mass is 9.84. The zero-order valence-electron chi connectivity index (χ0n) is 11.3. The van der Waals surface area contributed by atoms with Gasteiger partial charge in [-0.05, 0) is 47.6 Å². The van der Waals surface area contributed by atoms with Crippen LogP contribution in [0.25, 0.3) is 0 Å². The zero-order valence-corrected chi connectivity index (χ0v) is 12.1. The van der Waals surface area contributed by atoms with E-state index < -0.39 is 12.0 Å². The molecule has 108 valence electrons. The van der Waals surface area contributed by atoms with Gasteiger partial charge in [-0.25, -0.2) is 4.79 Å². The lowest BCUT2D eigenvalue weighted by Gasteiger charge is -2.33. The second-order valence-corrected chi connectivity index (χ2v) is 6.59. The number of carboxylic acids is 1. The van der Waals surface area contributed by atoms with E-state index in [0.717, 1.165) is 24.8 Å². The van der Waals surface area contributed by atoms with E-state index in [2.05, 4.69) is 0 Å². The average Bonchev–Trinajstić information content (AvgIpc) is 3.04. The second kappa shape index (κ2) is 5.56. The lowest BCUT2D eigenvalue weighted by molar-refractivity contribution is -0.149. The van der Waals surface area contributed by atoms with E-state index in [0.29, 0.717) is 18.8 Å². The fourth-order valence-electron chi connectivity index (χ4n) is 3.70. The van der Waals surface area contributed by atoms with Crippen molar-refractivity contribution in [2.24, 2.45) is 5.92 Å². The molecule has 0 unspecified atom stereocenters. The first kappa shape index (κ1) is 13.6. The number of hydrogen-bond acceptors (Lipinski definition) is 3. The van der Waals surface area contributed by atoms with Crippen LogP contribution in [0, 0.1) is 5.92 Å². The SMILES string of the molecule is O=C(O)[C@@H]1C[C@@H]2CCCC[C@@H]2N1C(=O)Cc1ccsc1. The first-order valence-corrected chi connectivity index (χ1v) is 8.16. The van der Waals surface area contributed by atoms with Crippen LogP contribution in [0.3, 0.4) is 0 Å². The molecule has 3 atom stereocenters. The number of likely N-dealkylation sites (tertiary alicyclic amines) is 1. The maximum absolute atomic E-state index is 12.5. The van der Waals surface area contributed by atoms with Crippen LogP contribution in [-0.2, 0) is 16.0 Å². The van der Waals surface area contributed by atoms with Gasteiger partial charge >= 0.3 is 5.97 Å². The minimum atomic E-state index is -0.849. The van der Waals surface area contributed by atoms with Crippen LogP contribution in [0.1, 0.15) is 37.7 Å². The molecule has 1 aromatic heterocycles. The number of nitrogens with zero attached hydrogens (tertiary/aromatic N) is 1. The van der Waals surface area contributed by atoms with Gasteiger partial charge in [-0.15, -0.1) is 0 Å². The normalized spacial score (nSPS) is 29.2. The number of amides is 1. The molecule has 3 rings (SSSR count). The molecular formula is C15H19NO3S. The summed E-state index contributed by atoms with van der Waals surface area (Å²) in [5, 5.41) is 13.3. The molecule has 1 aliphatic carbocycles. The fourth-order valence-corrected chi connectivity index (χ4v) is 4.37. The van der Waals surface area contributed by atoms with Crippen molar-refractivity contribution in [2.75, 3.05) is 0 Å². The molecule has 1 aromatic rings. The van der Waals surface area contributed by atoms with Crippen molar-refractivity contribution in [2.45, 2.75) is 50.6 Å². The van der Waals surface area contributed by atoms with E-state index in [1.54, 1.807) is 16.2 Å². The topological polar surface area (TPSA) is 57.6 Å². The number of rotatable bonds is 3. The van der Waals surface area contributed by atoms with E-state index in [-0.39, 0.29) is 11.9 Å². The Morgan fingerprint density at radius 3 is 2.85 bits per heavy atom. The number of carboxylic acid groups (broad SMARTS) is 1. The van der Waals surface area contributed by atoms with Crippen molar-refractivity contribution in [1.82, 2.24) is 4.90 Å². The molecule has 2 fully saturated rings. The highest BCUT2D eigenvalue weighted by molar-refractivity contribution is 7.07. The standard InChI is InChI=1S/C15H19NO3S/c17-14(7-10-5-6-20-9-10)16-12-4-2-1-3-11(12)8-13(16)15(18)19/h5-6,9,11-13H,1-4,7-8H2,(H,18,19)/t11-,12-,13-/m0/s1. The summed E-state index contributed by atoms with van der Waals surface area (Å²) in [4.78, 5) is 25.7. The molecular weight excluding hydrogens is 274 g/mol. The monoisotopic (exact) mass is 293 g/mol. The minimum Gasteiger partial charge on any atom is -0.480 e. The third-order valence-corrected chi connectivity index (χ3v) is 5.33. The van der Waals surface area contributed by atoms with Gasteiger partial charge in [0.25, 0.3) is 0 Å². The molecule has 0 bridgehead atoms. The lowest BCUT2D eigenvalue weighted by Crippen LogP contribution is -2.46. The molecule has 2 aliphatic rings. The smallest absolute Gasteiger partial charge is 0.326 e. The number of fused-ring (bicyclic) bond motifs is 1. The molecule has 4 nitrogen and oxygen atoms in total. The van der Waals surface area contributed by atoms with E-state index in [1.807, 2.05) is 16.8 Å². The molecule has 0 aromatic carbocycles. The van der Waals surface area contributed by atoms with Crippen molar-refractivity contribution in [3.05, 3.63) is 22.4 Å². The Morgan fingerprint density at radius 1 is 1.35 bits per heavy atom. The Hall–Kier alpha value is -1.36. The van der Waals surface area contributed by atoms with Gasteiger partial charge in [0.15, 0.2) is 0 Å². The summed E-state index contributed by atoms with van der Waals surface area (Å²) in [7, 11) is 0. The van der Waals surface area contributed by atoms with Crippen LogP contribution in [0.4, 0.5) is 0 Å². The molecule has 2 heterocycles. The van der Waals surface area contributed by atoms with Gasteiger partial charge in [0, 0.05) is 6.04 Å². The van der Waals surface area contributed by atoms with Crippen LogP contribution in [0.2, 0.25) is 0 Å². The Kier molecular flexibility index (Phi) is 3.78. The van der Waals surface area contributed by atoms with Gasteiger partial charge in [0.05, 0.1) is 6.42 Å². The van der Waals surface area contributed by atoms with E-state index in [9.17, 15) is 14.7 Å². The van der Waals surface area contributed by atoms with Crippen molar-refractivity contribution in [1.29, 1.82) is 0 Å². The van der Waals surface area contributed by atoms with Gasteiger partial charge in [0.1, 0.15) is 6.04 Å². The molecule has 1 N–H and O–H groups in total. The predicted octanol–water partition coefficient (Wildman–Crippen LogP) is 2.53. The average molecular weight is 293 g/mol. The molecule has 1 saturated heterocycles. The fraction of sp³-hybridized carbons (Fsp3) is 0.600. The predicted molar refractivity (Wildman–Crippen MR) is 76.7 cm³/mol. The maximum Gasteiger partial charge on any atom is 0.326 e. The third-order valence-electron chi connectivity index (χ3n) is 4.60. The van der Waals surface area contributed by atoms with Crippen molar-refractivity contribution in [3.8, 4) is 0 Å². The van der Waals surface area contributed by atoms with E-state index in [4.69, 9.17) is 0 Å². The van der Waals surface area contributed by atoms with Crippen LogP contribution < -0.4 is 0 Å².